The zero-order valence-corrected chi connectivity index (χ0v) is 16.6. The number of rotatable bonds is 1. The summed E-state index contributed by atoms with van der Waals surface area (Å²) < 4.78 is 4.00. The molecule has 19 heavy (non-hydrogen) atoms. The molecule has 115 valence electrons. The van der Waals surface area contributed by atoms with Crippen LogP contribution in [-0.2, 0) is 20.9 Å². The van der Waals surface area contributed by atoms with Crippen molar-refractivity contribution in [3.8, 4) is 0 Å². The maximum absolute atomic E-state index is 4.00. The van der Waals surface area contributed by atoms with Gasteiger partial charge < -0.3 is 19.8 Å². The van der Waals surface area contributed by atoms with Gasteiger partial charge in [0.25, 0.3) is 0 Å². The standard InChI is InChI=1S/2C6H11.C3H7N.C2H5.Ta/c2*1-2-4-6-5-3-1;1-3(2)4;1-2;/h2*1H,2-6H2;3H,1-2H3;1H2,2H3;/q2*-1;;-1;. The summed E-state index contributed by atoms with van der Waals surface area (Å²) in [6, 6.07) is 0.559. The Hall–Kier alpha value is 0.540. The van der Waals surface area contributed by atoms with E-state index in [1.807, 2.05) is 0 Å². The summed E-state index contributed by atoms with van der Waals surface area (Å²) in [5.41, 5.74) is 0. The van der Waals surface area contributed by atoms with Gasteiger partial charge >= 0.3 is 44.1 Å². The van der Waals surface area contributed by atoms with Crippen LogP contribution in [-0.4, -0.2) is 6.04 Å². The van der Waals surface area contributed by atoms with Crippen LogP contribution >= 0.6 is 0 Å². The largest absolute Gasteiger partial charge is 0.346 e. The van der Waals surface area contributed by atoms with Gasteiger partial charge in [0.1, 0.15) is 0 Å². The monoisotopic (exact) mass is 433 g/mol. The number of nitrogens with zero attached hydrogens (tertiary/aromatic N) is 1. The van der Waals surface area contributed by atoms with Crippen LogP contribution in [0.3, 0.4) is 0 Å². The summed E-state index contributed by atoms with van der Waals surface area (Å²) in [5, 5.41) is 0. The fourth-order valence-corrected chi connectivity index (χ4v) is 1.80. The smallest absolute Gasteiger partial charge is 0.0582 e. The molecule has 2 aliphatic rings. The van der Waals surface area contributed by atoms with Gasteiger partial charge in [-0.05, 0) is 0 Å². The summed E-state index contributed by atoms with van der Waals surface area (Å²) in [6.45, 7) is 9.17. The minimum Gasteiger partial charge on any atom is -0.346 e. The second kappa shape index (κ2) is 20.8. The van der Waals surface area contributed by atoms with Crippen molar-refractivity contribution in [2.24, 2.45) is 3.34 Å². The van der Waals surface area contributed by atoms with E-state index in [1.165, 1.54) is 64.2 Å². The van der Waals surface area contributed by atoms with Gasteiger partial charge in [-0.1, -0.05) is 38.5 Å². The van der Waals surface area contributed by atoms with Crippen molar-refractivity contribution in [2.45, 2.75) is 91.0 Å². The Kier molecular flexibility index (Phi) is 24.0. The summed E-state index contributed by atoms with van der Waals surface area (Å²) in [6.07, 6.45) is 19.0. The Morgan fingerprint density at radius 1 is 0.789 bits per heavy atom. The van der Waals surface area contributed by atoms with Crippen LogP contribution in [0.5, 0.6) is 0 Å². The third kappa shape index (κ3) is 24.0. The molecule has 0 aromatic carbocycles. The van der Waals surface area contributed by atoms with Gasteiger partial charge in [-0.3, -0.25) is 0 Å². The van der Waals surface area contributed by atoms with E-state index in [4.69, 9.17) is 0 Å². The molecule has 2 rings (SSSR count). The van der Waals surface area contributed by atoms with Crippen LogP contribution in [0, 0.1) is 19.8 Å². The van der Waals surface area contributed by atoms with Crippen molar-refractivity contribution in [3.05, 3.63) is 19.8 Å². The van der Waals surface area contributed by atoms with E-state index < -0.39 is 0 Å². The van der Waals surface area contributed by atoms with Crippen LogP contribution in [0.2, 0.25) is 0 Å². The molecule has 0 aromatic heterocycles. The molecular formula is C17H34NTa-3. The predicted molar refractivity (Wildman–Crippen MR) is 83.4 cm³/mol. The van der Waals surface area contributed by atoms with Crippen molar-refractivity contribution >= 4 is 0 Å². The zero-order valence-electron chi connectivity index (χ0n) is 13.4. The Balaban J connectivity index is 0. The first-order chi connectivity index (χ1) is 9.27. The molecule has 2 fully saturated rings. The molecule has 0 aromatic rings. The third-order valence-electron chi connectivity index (χ3n) is 2.86. The summed E-state index contributed by atoms with van der Waals surface area (Å²) in [5.74, 6) is 0. The van der Waals surface area contributed by atoms with E-state index in [9.17, 15) is 0 Å². The van der Waals surface area contributed by atoms with E-state index in [2.05, 4.69) is 37.0 Å². The zero-order chi connectivity index (χ0) is 14.8. The van der Waals surface area contributed by atoms with Crippen molar-refractivity contribution in [1.29, 1.82) is 0 Å². The molecule has 0 radical (unpaired) electrons. The van der Waals surface area contributed by atoms with Crippen LogP contribution in [0.25, 0.3) is 0 Å². The van der Waals surface area contributed by atoms with Gasteiger partial charge in [0.2, 0.25) is 0 Å². The fraction of sp³-hybridized carbons (Fsp3) is 0.824. The van der Waals surface area contributed by atoms with Crippen LogP contribution < -0.4 is 0 Å². The van der Waals surface area contributed by atoms with Gasteiger partial charge in [0.15, 0.2) is 0 Å². The first-order valence-electron chi connectivity index (χ1n) is 7.95. The van der Waals surface area contributed by atoms with E-state index >= 15 is 0 Å². The number of hydrogen-bond acceptors (Lipinski definition) is 1. The van der Waals surface area contributed by atoms with E-state index in [0.717, 1.165) is 20.9 Å². The third-order valence-corrected chi connectivity index (χ3v) is 4.52. The first kappa shape index (κ1) is 21.8. The summed E-state index contributed by atoms with van der Waals surface area (Å²) in [7, 11) is 0. The molecule has 0 bridgehead atoms. The van der Waals surface area contributed by atoms with Crippen LogP contribution in [0.4, 0.5) is 0 Å². The average molecular weight is 433 g/mol. The minimum atomic E-state index is 0.559. The quantitative estimate of drug-likeness (QED) is 0.432. The predicted octanol–water partition coefficient (Wildman–Crippen LogP) is 6.28. The number of hydrogen-bond donors (Lipinski definition) is 0. The normalized spacial score (nSPS) is 17.7. The van der Waals surface area contributed by atoms with Crippen molar-refractivity contribution in [1.82, 2.24) is 0 Å². The molecule has 1 nitrogen and oxygen atoms in total. The van der Waals surface area contributed by atoms with Gasteiger partial charge in [-0.15, -0.1) is 0 Å². The van der Waals surface area contributed by atoms with Gasteiger partial charge in [0.05, 0.1) is 0 Å². The first-order valence-corrected chi connectivity index (χ1v) is 9.39. The molecule has 0 aliphatic heterocycles. The molecule has 0 saturated heterocycles. The summed E-state index contributed by atoms with van der Waals surface area (Å²) in [4.78, 5) is 0. The van der Waals surface area contributed by atoms with E-state index in [0.29, 0.717) is 6.04 Å². The van der Waals surface area contributed by atoms with E-state index in [1.54, 1.807) is 6.92 Å². The van der Waals surface area contributed by atoms with Gasteiger partial charge in [-0.2, -0.15) is 32.6 Å². The van der Waals surface area contributed by atoms with Crippen molar-refractivity contribution in [2.75, 3.05) is 0 Å². The molecule has 0 spiro atoms. The molecule has 0 atom stereocenters. The second-order valence-electron chi connectivity index (χ2n) is 5.06. The Morgan fingerprint density at radius 3 is 1.11 bits per heavy atom. The molecule has 0 unspecified atom stereocenters. The minimum absolute atomic E-state index is 0.559. The molecular weight excluding hydrogens is 399 g/mol. The average Bonchev–Trinajstić information content (AvgIpc) is 2.54. The molecule has 0 N–H and O–H groups in total. The van der Waals surface area contributed by atoms with Gasteiger partial charge in [-0.25, -0.2) is 0 Å². The van der Waals surface area contributed by atoms with Crippen molar-refractivity contribution in [3.63, 3.8) is 0 Å². The summed E-state index contributed by atoms with van der Waals surface area (Å²) >= 11 is 1.16. The molecule has 2 heteroatoms. The van der Waals surface area contributed by atoms with E-state index in [-0.39, 0.29) is 0 Å². The topological polar surface area (TPSA) is 12.4 Å². The SMILES string of the molecule is CC(C)[N]=[Ta].[CH-]1CCCCC1.[CH-]1CCCCC1.[CH2-]C. The Bertz CT molecular complexity index is 114. The molecule has 0 amide bonds. The Labute approximate surface area is 135 Å². The van der Waals surface area contributed by atoms with Crippen LogP contribution in [0.1, 0.15) is 85.0 Å². The fourth-order valence-electron chi connectivity index (χ4n) is 1.80. The van der Waals surface area contributed by atoms with Gasteiger partial charge in [0, 0.05) is 0 Å². The maximum Gasteiger partial charge on any atom is -0.0582 e. The maximum atomic E-state index is 4.00. The molecule has 2 aliphatic carbocycles. The Morgan fingerprint density at radius 2 is 1.05 bits per heavy atom. The molecule has 2 saturated carbocycles. The van der Waals surface area contributed by atoms with Crippen molar-refractivity contribution < 1.29 is 20.9 Å². The molecule has 0 heterocycles. The second-order valence-corrected chi connectivity index (χ2v) is 5.89. The van der Waals surface area contributed by atoms with Crippen LogP contribution in [0.15, 0.2) is 3.34 Å².